The highest BCUT2D eigenvalue weighted by molar-refractivity contribution is 7.98. The van der Waals surface area contributed by atoms with Crippen molar-refractivity contribution in [3.05, 3.63) is 84.2 Å². The number of rotatable bonds is 5. The van der Waals surface area contributed by atoms with E-state index in [1.54, 1.807) is 30.4 Å². The van der Waals surface area contributed by atoms with Crippen molar-refractivity contribution in [2.24, 2.45) is 0 Å². The fourth-order valence-electron chi connectivity index (χ4n) is 2.96. The zero-order chi connectivity index (χ0) is 19.6. The summed E-state index contributed by atoms with van der Waals surface area (Å²) in [5, 5.41) is 10.3. The number of halogens is 1. The molecule has 0 radical (unpaired) electrons. The van der Waals surface area contributed by atoms with Gasteiger partial charge in [0.05, 0.1) is 5.69 Å². The summed E-state index contributed by atoms with van der Waals surface area (Å²) < 4.78 is 3.92. The van der Waals surface area contributed by atoms with E-state index in [0.29, 0.717) is 16.6 Å². The molecule has 7 nitrogen and oxygen atoms in total. The Bertz CT molecular complexity index is 1230. The van der Waals surface area contributed by atoms with E-state index in [2.05, 4.69) is 25.1 Å². The molecule has 0 amide bonds. The summed E-state index contributed by atoms with van der Waals surface area (Å²) in [6.07, 6.45) is 9.13. The summed E-state index contributed by atoms with van der Waals surface area (Å²) in [7, 11) is 0. The van der Waals surface area contributed by atoms with E-state index in [1.807, 2.05) is 63.8 Å². The van der Waals surface area contributed by atoms with Gasteiger partial charge in [0.1, 0.15) is 0 Å². The molecule has 0 N–H and O–H groups in total. The molecule has 1 aromatic carbocycles. The predicted molar refractivity (Wildman–Crippen MR) is 112 cm³/mol. The van der Waals surface area contributed by atoms with Gasteiger partial charge in [0.25, 0.3) is 0 Å². The second kappa shape index (κ2) is 7.65. The van der Waals surface area contributed by atoms with Gasteiger partial charge in [-0.1, -0.05) is 23.4 Å². The summed E-state index contributed by atoms with van der Waals surface area (Å²) in [5.41, 5.74) is 2.79. The fourth-order valence-corrected chi connectivity index (χ4v) is 3.92. The summed E-state index contributed by atoms with van der Waals surface area (Å²) in [6.45, 7) is 0. The molecule has 0 saturated heterocycles. The van der Waals surface area contributed by atoms with Gasteiger partial charge in [-0.2, -0.15) is 0 Å². The van der Waals surface area contributed by atoms with Crippen LogP contribution in [-0.4, -0.2) is 34.1 Å². The lowest BCUT2D eigenvalue weighted by Crippen LogP contribution is -1.99. The van der Waals surface area contributed by atoms with Crippen LogP contribution in [0.2, 0.25) is 5.02 Å². The Morgan fingerprint density at radius 1 is 0.966 bits per heavy atom. The first-order valence-corrected chi connectivity index (χ1v) is 10.2. The van der Waals surface area contributed by atoms with E-state index >= 15 is 0 Å². The maximum absolute atomic E-state index is 6.08. The molecule has 0 aliphatic carbocycles. The SMILES string of the molecule is Clc1ccc(-n2c(SCc3cn4cccnc4n3)nnc2-c2ccncc2)cc1. The maximum atomic E-state index is 6.08. The minimum absolute atomic E-state index is 0.644. The Morgan fingerprint density at radius 2 is 1.79 bits per heavy atom. The quantitative estimate of drug-likeness (QED) is 0.395. The average molecular weight is 420 g/mol. The minimum atomic E-state index is 0.644. The summed E-state index contributed by atoms with van der Waals surface area (Å²) in [5.74, 6) is 2.07. The highest BCUT2D eigenvalue weighted by Gasteiger charge is 2.17. The van der Waals surface area contributed by atoms with E-state index in [4.69, 9.17) is 11.6 Å². The van der Waals surface area contributed by atoms with Crippen molar-refractivity contribution < 1.29 is 0 Å². The third-order valence-electron chi connectivity index (χ3n) is 4.29. The van der Waals surface area contributed by atoms with Crippen LogP contribution >= 0.6 is 23.4 Å². The fraction of sp³-hybridized carbons (Fsp3) is 0.0500. The number of nitrogens with zero attached hydrogens (tertiary/aromatic N) is 7. The van der Waals surface area contributed by atoms with Crippen LogP contribution in [0.5, 0.6) is 0 Å². The van der Waals surface area contributed by atoms with E-state index in [-0.39, 0.29) is 0 Å². The van der Waals surface area contributed by atoms with Crippen LogP contribution in [0.15, 0.2) is 78.6 Å². The predicted octanol–water partition coefficient (Wildman–Crippen LogP) is 4.32. The van der Waals surface area contributed by atoms with Crippen LogP contribution in [0.3, 0.4) is 0 Å². The van der Waals surface area contributed by atoms with Crippen LogP contribution in [0.1, 0.15) is 5.69 Å². The number of hydrogen-bond acceptors (Lipinski definition) is 6. The zero-order valence-corrected chi connectivity index (χ0v) is 16.6. The molecule has 9 heteroatoms. The Balaban J connectivity index is 1.52. The number of benzene rings is 1. The number of pyridine rings is 1. The van der Waals surface area contributed by atoms with Crippen molar-refractivity contribution in [1.82, 2.24) is 34.1 Å². The second-order valence-electron chi connectivity index (χ2n) is 6.20. The molecule has 0 atom stereocenters. The topological polar surface area (TPSA) is 73.8 Å². The van der Waals surface area contributed by atoms with Crippen LogP contribution < -0.4 is 0 Å². The van der Waals surface area contributed by atoms with Gasteiger partial charge < -0.3 is 0 Å². The van der Waals surface area contributed by atoms with Gasteiger partial charge >= 0.3 is 0 Å². The van der Waals surface area contributed by atoms with Crippen molar-refractivity contribution >= 4 is 29.1 Å². The molecule has 4 aromatic heterocycles. The summed E-state index contributed by atoms with van der Waals surface area (Å²) in [4.78, 5) is 12.9. The number of aromatic nitrogens is 7. The van der Waals surface area contributed by atoms with Crippen molar-refractivity contribution in [1.29, 1.82) is 0 Å². The molecular weight excluding hydrogens is 406 g/mol. The lowest BCUT2D eigenvalue weighted by molar-refractivity contribution is 0.885. The summed E-state index contributed by atoms with van der Waals surface area (Å²) in [6, 6.07) is 13.3. The van der Waals surface area contributed by atoms with E-state index in [0.717, 1.165) is 27.9 Å². The lowest BCUT2D eigenvalue weighted by atomic mass is 10.2. The standard InChI is InChI=1S/C20H14ClN7S/c21-15-2-4-17(5-3-15)28-18(14-6-9-22-10-7-14)25-26-20(28)29-13-16-12-27-11-1-8-23-19(27)24-16/h1-12H,13H2. The molecule has 0 aliphatic heterocycles. The highest BCUT2D eigenvalue weighted by atomic mass is 35.5. The Kier molecular flexibility index (Phi) is 4.71. The molecule has 5 aromatic rings. The minimum Gasteiger partial charge on any atom is -0.291 e. The van der Waals surface area contributed by atoms with E-state index < -0.39 is 0 Å². The first-order chi connectivity index (χ1) is 14.3. The Morgan fingerprint density at radius 3 is 2.59 bits per heavy atom. The van der Waals surface area contributed by atoms with Gasteiger partial charge in [-0.25, -0.2) is 9.97 Å². The van der Waals surface area contributed by atoms with Gasteiger partial charge in [0, 0.05) is 53.0 Å². The lowest BCUT2D eigenvalue weighted by Gasteiger charge is -2.10. The van der Waals surface area contributed by atoms with Gasteiger partial charge in [-0.05, 0) is 42.5 Å². The van der Waals surface area contributed by atoms with Crippen LogP contribution in [0, 0.1) is 0 Å². The first kappa shape index (κ1) is 17.8. The number of hydrogen-bond donors (Lipinski definition) is 0. The highest BCUT2D eigenvalue weighted by Crippen LogP contribution is 2.30. The van der Waals surface area contributed by atoms with Crippen molar-refractivity contribution in [3.8, 4) is 17.1 Å². The molecule has 0 saturated carbocycles. The van der Waals surface area contributed by atoms with Gasteiger partial charge in [0.2, 0.25) is 5.78 Å². The summed E-state index contributed by atoms with van der Waals surface area (Å²) >= 11 is 7.65. The molecule has 0 fully saturated rings. The Labute approximate surface area is 175 Å². The van der Waals surface area contributed by atoms with Crippen molar-refractivity contribution in [2.45, 2.75) is 10.9 Å². The molecule has 0 spiro atoms. The molecule has 142 valence electrons. The van der Waals surface area contributed by atoms with Gasteiger partial charge in [-0.3, -0.25) is 14.0 Å². The van der Waals surface area contributed by atoms with Crippen molar-refractivity contribution in [3.63, 3.8) is 0 Å². The van der Waals surface area contributed by atoms with E-state index in [1.165, 1.54) is 0 Å². The molecule has 0 aliphatic rings. The zero-order valence-electron chi connectivity index (χ0n) is 15.1. The number of thioether (sulfide) groups is 1. The van der Waals surface area contributed by atoms with Gasteiger partial charge in [0.15, 0.2) is 11.0 Å². The monoisotopic (exact) mass is 419 g/mol. The molecular formula is C20H14ClN7S. The molecule has 0 unspecified atom stereocenters. The van der Waals surface area contributed by atoms with Crippen molar-refractivity contribution in [2.75, 3.05) is 0 Å². The smallest absolute Gasteiger partial charge is 0.233 e. The number of fused-ring (bicyclic) bond motifs is 1. The number of imidazole rings is 1. The maximum Gasteiger partial charge on any atom is 0.233 e. The third kappa shape index (κ3) is 3.59. The Hall–Kier alpha value is -3.23. The van der Waals surface area contributed by atoms with E-state index in [9.17, 15) is 0 Å². The molecule has 4 heterocycles. The molecule has 0 bridgehead atoms. The van der Waals surface area contributed by atoms with Gasteiger partial charge in [-0.15, -0.1) is 10.2 Å². The van der Waals surface area contributed by atoms with Crippen LogP contribution in [0.25, 0.3) is 22.9 Å². The molecule has 5 rings (SSSR count). The second-order valence-corrected chi connectivity index (χ2v) is 7.58. The largest absolute Gasteiger partial charge is 0.291 e. The van der Waals surface area contributed by atoms with Crippen LogP contribution in [-0.2, 0) is 5.75 Å². The normalized spacial score (nSPS) is 11.2. The first-order valence-electron chi connectivity index (χ1n) is 8.81. The average Bonchev–Trinajstić information content (AvgIpc) is 3.37. The third-order valence-corrected chi connectivity index (χ3v) is 5.51. The molecule has 29 heavy (non-hydrogen) atoms. The van der Waals surface area contributed by atoms with Crippen LogP contribution in [0.4, 0.5) is 0 Å².